The van der Waals surface area contributed by atoms with E-state index in [0.29, 0.717) is 21.7 Å². The van der Waals surface area contributed by atoms with E-state index in [1.165, 1.54) is 0 Å². The van der Waals surface area contributed by atoms with Crippen LogP contribution in [0.3, 0.4) is 0 Å². The summed E-state index contributed by atoms with van der Waals surface area (Å²) >= 11 is 12.1. The van der Waals surface area contributed by atoms with Crippen molar-refractivity contribution in [1.29, 1.82) is 0 Å². The average Bonchev–Trinajstić information content (AvgIpc) is 2.49. The number of para-hydroxylation sites is 1. The molecule has 0 saturated heterocycles. The largest absolute Gasteiger partial charge is 0.362 e. The van der Waals surface area contributed by atoms with Crippen molar-refractivity contribution in [2.24, 2.45) is 0 Å². The molecule has 0 spiro atoms. The maximum Gasteiger partial charge on any atom is 0.229 e. The molecule has 0 bridgehead atoms. The third-order valence-electron chi connectivity index (χ3n) is 3.18. The highest BCUT2D eigenvalue weighted by molar-refractivity contribution is 6.36. The number of rotatable bonds is 3. The van der Waals surface area contributed by atoms with E-state index in [-0.39, 0.29) is 0 Å². The quantitative estimate of drug-likeness (QED) is 0.751. The van der Waals surface area contributed by atoms with E-state index in [1.54, 1.807) is 18.2 Å². The summed E-state index contributed by atoms with van der Waals surface area (Å²) in [7, 11) is 3.90. The standard InChI is InChI=1S/C16H14Cl2N4/c1-22(2)15-11-5-3-4-6-13(11)19-16(21-15)20-14-8-7-10(17)9-12(14)18/h3-9H,1-2H3,(H,19,20,21). The normalized spacial score (nSPS) is 10.7. The van der Waals surface area contributed by atoms with E-state index in [2.05, 4.69) is 15.3 Å². The first-order chi connectivity index (χ1) is 10.5. The maximum absolute atomic E-state index is 6.19. The van der Waals surface area contributed by atoms with Crippen molar-refractivity contribution in [2.45, 2.75) is 0 Å². The summed E-state index contributed by atoms with van der Waals surface area (Å²) in [5, 5.41) is 5.26. The van der Waals surface area contributed by atoms with Crippen molar-refractivity contribution in [1.82, 2.24) is 9.97 Å². The SMILES string of the molecule is CN(C)c1nc(Nc2ccc(Cl)cc2Cl)nc2ccccc12. The number of hydrogen-bond acceptors (Lipinski definition) is 4. The summed E-state index contributed by atoms with van der Waals surface area (Å²) in [4.78, 5) is 11.1. The molecule has 0 atom stereocenters. The maximum atomic E-state index is 6.19. The van der Waals surface area contributed by atoms with Crippen molar-refractivity contribution in [3.05, 3.63) is 52.5 Å². The number of anilines is 3. The molecule has 0 aliphatic rings. The van der Waals surface area contributed by atoms with Crippen LogP contribution in [0.15, 0.2) is 42.5 Å². The Bertz CT molecular complexity index is 833. The first kappa shape index (κ1) is 14.9. The summed E-state index contributed by atoms with van der Waals surface area (Å²) in [6.45, 7) is 0. The van der Waals surface area contributed by atoms with Gasteiger partial charge in [0.1, 0.15) is 5.82 Å². The number of nitrogens with zero attached hydrogens (tertiary/aromatic N) is 3. The summed E-state index contributed by atoms with van der Waals surface area (Å²) < 4.78 is 0. The van der Waals surface area contributed by atoms with Crippen molar-refractivity contribution in [2.75, 3.05) is 24.3 Å². The Hall–Kier alpha value is -2.04. The Morgan fingerprint density at radius 2 is 1.77 bits per heavy atom. The third kappa shape index (κ3) is 2.93. The zero-order chi connectivity index (χ0) is 15.7. The van der Waals surface area contributed by atoms with Gasteiger partial charge in [0.05, 0.1) is 16.2 Å². The van der Waals surface area contributed by atoms with Crippen LogP contribution in [0.1, 0.15) is 0 Å². The molecule has 0 saturated carbocycles. The van der Waals surface area contributed by atoms with Gasteiger partial charge < -0.3 is 10.2 Å². The van der Waals surface area contributed by atoms with Crippen molar-refractivity contribution in [3.8, 4) is 0 Å². The molecule has 6 heteroatoms. The molecule has 0 fully saturated rings. The molecule has 1 aromatic heterocycles. The Morgan fingerprint density at radius 1 is 1.00 bits per heavy atom. The summed E-state index contributed by atoms with van der Waals surface area (Å²) in [6, 6.07) is 13.1. The zero-order valence-corrected chi connectivity index (χ0v) is 13.7. The van der Waals surface area contributed by atoms with E-state index in [4.69, 9.17) is 23.2 Å². The molecule has 0 unspecified atom stereocenters. The molecule has 4 nitrogen and oxygen atoms in total. The van der Waals surface area contributed by atoms with Crippen LogP contribution in [-0.4, -0.2) is 24.1 Å². The van der Waals surface area contributed by atoms with Crippen molar-refractivity contribution < 1.29 is 0 Å². The van der Waals surface area contributed by atoms with Gasteiger partial charge in [-0.15, -0.1) is 0 Å². The molecular weight excluding hydrogens is 319 g/mol. The highest BCUT2D eigenvalue weighted by atomic mass is 35.5. The van der Waals surface area contributed by atoms with Gasteiger partial charge >= 0.3 is 0 Å². The van der Waals surface area contributed by atoms with Gasteiger partial charge in [-0.25, -0.2) is 4.98 Å². The molecule has 22 heavy (non-hydrogen) atoms. The number of aromatic nitrogens is 2. The van der Waals surface area contributed by atoms with E-state index in [1.807, 2.05) is 43.3 Å². The second kappa shape index (κ2) is 5.99. The lowest BCUT2D eigenvalue weighted by Crippen LogP contribution is -2.13. The third-order valence-corrected chi connectivity index (χ3v) is 3.73. The lowest BCUT2D eigenvalue weighted by Gasteiger charge is -2.16. The Balaban J connectivity index is 2.07. The van der Waals surface area contributed by atoms with E-state index < -0.39 is 0 Å². The molecule has 3 rings (SSSR count). The topological polar surface area (TPSA) is 41.1 Å². The monoisotopic (exact) mass is 332 g/mol. The summed E-state index contributed by atoms with van der Waals surface area (Å²) in [5.74, 6) is 1.34. The van der Waals surface area contributed by atoms with Crippen LogP contribution in [0.2, 0.25) is 10.0 Å². The predicted molar refractivity (Wildman–Crippen MR) is 93.6 cm³/mol. The number of hydrogen-bond donors (Lipinski definition) is 1. The Labute approximate surface area is 138 Å². The van der Waals surface area contributed by atoms with Crippen LogP contribution in [0, 0.1) is 0 Å². The fraction of sp³-hybridized carbons (Fsp3) is 0.125. The lowest BCUT2D eigenvalue weighted by molar-refractivity contribution is 1.06. The van der Waals surface area contributed by atoms with Gasteiger partial charge in [-0.3, -0.25) is 0 Å². The number of nitrogens with one attached hydrogen (secondary N) is 1. The number of halogens is 2. The van der Waals surface area contributed by atoms with Gasteiger partial charge in [-0.1, -0.05) is 35.3 Å². The zero-order valence-electron chi connectivity index (χ0n) is 12.1. The van der Waals surface area contributed by atoms with Gasteiger partial charge in [-0.05, 0) is 30.3 Å². The van der Waals surface area contributed by atoms with Crippen LogP contribution >= 0.6 is 23.2 Å². The molecule has 112 valence electrons. The van der Waals surface area contributed by atoms with E-state index in [0.717, 1.165) is 16.7 Å². The second-order valence-corrected chi connectivity index (χ2v) is 5.88. The predicted octanol–water partition coefficient (Wildman–Crippen LogP) is 4.75. The fourth-order valence-corrected chi connectivity index (χ4v) is 2.62. The van der Waals surface area contributed by atoms with Gasteiger partial charge in [0.15, 0.2) is 0 Å². The molecular formula is C16H14Cl2N4. The van der Waals surface area contributed by atoms with E-state index in [9.17, 15) is 0 Å². The molecule has 0 aliphatic heterocycles. The molecule has 0 aliphatic carbocycles. The van der Waals surface area contributed by atoms with Crippen LogP contribution < -0.4 is 10.2 Å². The molecule has 0 radical (unpaired) electrons. The smallest absolute Gasteiger partial charge is 0.229 e. The average molecular weight is 333 g/mol. The van der Waals surface area contributed by atoms with Crippen LogP contribution in [0.25, 0.3) is 10.9 Å². The number of fused-ring (bicyclic) bond motifs is 1. The molecule has 2 aromatic carbocycles. The van der Waals surface area contributed by atoms with Gasteiger partial charge in [0.2, 0.25) is 5.95 Å². The Morgan fingerprint density at radius 3 is 2.50 bits per heavy atom. The molecule has 1 N–H and O–H groups in total. The van der Waals surface area contributed by atoms with Gasteiger partial charge in [0.25, 0.3) is 0 Å². The first-order valence-corrected chi connectivity index (χ1v) is 7.46. The Kier molecular flexibility index (Phi) is 4.05. The number of benzene rings is 2. The van der Waals surface area contributed by atoms with Crippen LogP contribution in [0.5, 0.6) is 0 Å². The van der Waals surface area contributed by atoms with Crippen LogP contribution in [-0.2, 0) is 0 Å². The molecule has 0 amide bonds. The highest BCUT2D eigenvalue weighted by Crippen LogP contribution is 2.29. The van der Waals surface area contributed by atoms with Gasteiger partial charge in [0, 0.05) is 24.5 Å². The first-order valence-electron chi connectivity index (χ1n) is 6.71. The minimum absolute atomic E-state index is 0.492. The minimum atomic E-state index is 0.492. The fourth-order valence-electron chi connectivity index (χ4n) is 2.17. The van der Waals surface area contributed by atoms with Crippen LogP contribution in [0.4, 0.5) is 17.5 Å². The summed E-state index contributed by atoms with van der Waals surface area (Å²) in [5.41, 5.74) is 1.58. The molecule has 1 heterocycles. The van der Waals surface area contributed by atoms with Crippen molar-refractivity contribution in [3.63, 3.8) is 0 Å². The summed E-state index contributed by atoms with van der Waals surface area (Å²) in [6.07, 6.45) is 0. The van der Waals surface area contributed by atoms with Gasteiger partial charge in [-0.2, -0.15) is 4.98 Å². The minimum Gasteiger partial charge on any atom is -0.362 e. The molecule has 3 aromatic rings. The van der Waals surface area contributed by atoms with Crippen molar-refractivity contribution >= 4 is 51.6 Å². The highest BCUT2D eigenvalue weighted by Gasteiger charge is 2.10. The second-order valence-electron chi connectivity index (χ2n) is 5.03. The lowest BCUT2D eigenvalue weighted by atomic mass is 10.2. The van der Waals surface area contributed by atoms with E-state index >= 15 is 0 Å².